The van der Waals surface area contributed by atoms with Crippen LogP contribution in [0.5, 0.6) is 5.75 Å². The number of hydrogen-bond acceptors (Lipinski definition) is 2. The van der Waals surface area contributed by atoms with Gasteiger partial charge in [0.1, 0.15) is 0 Å². The van der Waals surface area contributed by atoms with E-state index >= 15 is 0 Å². The van der Waals surface area contributed by atoms with Gasteiger partial charge in [-0.25, -0.2) is 4.39 Å². The Labute approximate surface area is 126 Å². The molecule has 1 N–H and O–H groups in total. The first-order chi connectivity index (χ1) is 10.1. The van der Waals surface area contributed by atoms with Crippen LogP contribution in [0.1, 0.15) is 80.6 Å². The van der Waals surface area contributed by atoms with Crippen LogP contribution in [-0.4, -0.2) is 10.9 Å². The number of phenolic OH excluding ortho intramolecular Hbond substituents is 1. The topological polar surface area (TPSA) is 37.3 Å². The van der Waals surface area contributed by atoms with Gasteiger partial charge in [0.25, 0.3) is 0 Å². The molecule has 3 heteroatoms. The lowest BCUT2D eigenvalue weighted by molar-refractivity contribution is 0.0984. The van der Waals surface area contributed by atoms with Crippen LogP contribution in [0, 0.1) is 11.7 Å². The summed E-state index contributed by atoms with van der Waals surface area (Å²) in [6.45, 7) is 3.91. The van der Waals surface area contributed by atoms with E-state index in [1.165, 1.54) is 12.8 Å². The number of aromatic hydroxyl groups is 1. The molecule has 0 aromatic heterocycles. The van der Waals surface area contributed by atoms with Crippen LogP contribution in [0.3, 0.4) is 0 Å². The third kappa shape index (κ3) is 3.45. The zero-order chi connectivity index (χ0) is 15.4. The lowest BCUT2D eigenvalue weighted by Crippen LogP contribution is -2.14. The van der Waals surface area contributed by atoms with E-state index < -0.39 is 11.6 Å². The van der Waals surface area contributed by atoms with E-state index in [1.54, 1.807) is 19.1 Å². The Balaban J connectivity index is 2.15. The SMILES string of the molecule is CCCC1CCC(c2ccc(C(=O)CC)c(O)c2F)CC1. The summed E-state index contributed by atoms with van der Waals surface area (Å²) in [5.41, 5.74) is 0.688. The minimum Gasteiger partial charge on any atom is -0.504 e. The van der Waals surface area contributed by atoms with Crippen molar-refractivity contribution in [2.24, 2.45) is 5.92 Å². The number of hydrogen-bond donors (Lipinski definition) is 1. The Hall–Kier alpha value is -1.38. The van der Waals surface area contributed by atoms with E-state index in [1.807, 2.05) is 0 Å². The Kier molecular flexibility index (Phi) is 5.38. The average molecular weight is 292 g/mol. The summed E-state index contributed by atoms with van der Waals surface area (Å²) in [4.78, 5) is 11.7. The maximum atomic E-state index is 14.4. The van der Waals surface area contributed by atoms with Gasteiger partial charge in [-0.2, -0.15) is 0 Å². The molecule has 1 aliphatic rings. The zero-order valence-corrected chi connectivity index (χ0v) is 13.0. The number of halogens is 1. The summed E-state index contributed by atoms with van der Waals surface area (Å²) in [6, 6.07) is 3.28. The van der Waals surface area contributed by atoms with Crippen molar-refractivity contribution in [1.29, 1.82) is 0 Å². The molecule has 21 heavy (non-hydrogen) atoms. The Morgan fingerprint density at radius 3 is 2.48 bits per heavy atom. The van der Waals surface area contributed by atoms with Crippen LogP contribution in [-0.2, 0) is 0 Å². The number of rotatable bonds is 5. The molecular weight excluding hydrogens is 267 g/mol. The van der Waals surface area contributed by atoms with Crippen molar-refractivity contribution in [3.8, 4) is 5.75 Å². The minimum absolute atomic E-state index is 0.110. The van der Waals surface area contributed by atoms with Gasteiger partial charge in [-0.1, -0.05) is 32.8 Å². The normalized spacial score (nSPS) is 22.2. The van der Waals surface area contributed by atoms with Crippen molar-refractivity contribution >= 4 is 5.78 Å². The molecule has 0 saturated heterocycles. The summed E-state index contributed by atoms with van der Waals surface area (Å²) < 4.78 is 14.4. The summed E-state index contributed by atoms with van der Waals surface area (Å²) in [6.07, 6.45) is 6.95. The highest BCUT2D eigenvalue weighted by Crippen LogP contribution is 2.40. The fourth-order valence-corrected chi connectivity index (χ4v) is 3.48. The predicted octanol–water partition coefficient (Wildman–Crippen LogP) is 5.20. The van der Waals surface area contributed by atoms with E-state index in [-0.39, 0.29) is 23.7 Å². The van der Waals surface area contributed by atoms with Crippen LogP contribution in [0.2, 0.25) is 0 Å². The molecule has 2 nitrogen and oxygen atoms in total. The smallest absolute Gasteiger partial charge is 0.169 e. The van der Waals surface area contributed by atoms with Crippen molar-refractivity contribution in [1.82, 2.24) is 0 Å². The van der Waals surface area contributed by atoms with Gasteiger partial charge in [0.05, 0.1) is 5.56 Å². The van der Waals surface area contributed by atoms with Crippen molar-refractivity contribution in [2.45, 2.75) is 64.7 Å². The standard InChI is InChI=1S/C18H25FO2/c1-3-5-12-6-8-13(9-7-12)14-10-11-15(16(20)4-2)18(21)17(14)19/h10-13,21H,3-9H2,1-2H3. The minimum atomic E-state index is -0.590. The molecule has 0 bridgehead atoms. The van der Waals surface area contributed by atoms with E-state index in [4.69, 9.17) is 0 Å². The van der Waals surface area contributed by atoms with Gasteiger partial charge < -0.3 is 5.11 Å². The monoisotopic (exact) mass is 292 g/mol. The molecule has 0 atom stereocenters. The summed E-state index contributed by atoms with van der Waals surface area (Å²) >= 11 is 0. The average Bonchev–Trinajstić information content (AvgIpc) is 2.50. The molecule has 1 saturated carbocycles. The largest absolute Gasteiger partial charge is 0.504 e. The van der Waals surface area contributed by atoms with Crippen LogP contribution >= 0.6 is 0 Å². The fraction of sp³-hybridized carbons (Fsp3) is 0.611. The number of Topliss-reactive ketones (excluding diaryl/α,β-unsaturated/α-hetero) is 1. The Morgan fingerprint density at radius 2 is 1.90 bits per heavy atom. The maximum Gasteiger partial charge on any atom is 0.169 e. The highest BCUT2D eigenvalue weighted by atomic mass is 19.1. The highest BCUT2D eigenvalue weighted by molar-refractivity contribution is 5.98. The van der Waals surface area contributed by atoms with Gasteiger partial charge in [-0.15, -0.1) is 0 Å². The molecule has 0 aliphatic heterocycles. The molecule has 0 spiro atoms. The molecule has 0 unspecified atom stereocenters. The summed E-state index contributed by atoms with van der Waals surface area (Å²) in [5, 5.41) is 9.95. The molecule has 0 heterocycles. The van der Waals surface area contributed by atoms with E-state index in [0.29, 0.717) is 5.56 Å². The lowest BCUT2D eigenvalue weighted by Gasteiger charge is -2.29. The van der Waals surface area contributed by atoms with Gasteiger partial charge in [-0.3, -0.25) is 4.79 Å². The molecule has 0 radical (unpaired) electrons. The first-order valence-corrected chi connectivity index (χ1v) is 8.13. The molecule has 1 aromatic rings. The van der Waals surface area contributed by atoms with E-state index in [9.17, 15) is 14.3 Å². The molecule has 1 fully saturated rings. The van der Waals surface area contributed by atoms with E-state index in [2.05, 4.69) is 6.92 Å². The number of benzene rings is 1. The summed E-state index contributed by atoms with van der Waals surface area (Å²) in [7, 11) is 0. The van der Waals surface area contributed by atoms with Gasteiger partial charge in [0.15, 0.2) is 17.3 Å². The fourth-order valence-electron chi connectivity index (χ4n) is 3.48. The van der Waals surface area contributed by atoms with Crippen molar-refractivity contribution in [3.63, 3.8) is 0 Å². The van der Waals surface area contributed by atoms with Crippen LogP contribution in [0.15, 0.2) is 12.1 Å². The molecule has 1 aliphatic carbocycles. The molecule has 2 rings (SSSR count). The van der Waals surface area contributed by atoms with Gasteiger partial charge in [-0.05, 0) is 49.1 Å². The third-order valence-corrected chi connectivity index (χ3v) is 4.75. The third-order valence-electron chi connectivity index (χ3n) is 4.75. The van der Waals surface area contributed by atoms with Crippen molar-refractivity contribution in [3.05, 3.63) is 29.1 Å². The number of carbonyl (C=O) groups excluding carboxylic acids is 1. The number of phenols is 1. The molecule has 116 valence electrons. The highest BCUT2D eigenvalue weighted by Gasteiger charge is 2.26. The Bertz CT molecular complexity index is 502. The van der Waals surface area contributed by atoms with Crippen LogP contribution in [0.4, 0.5) is 4.39 Å². The Morgan fingerprint density at radius 1 is 1.24 bits per heavy atom. The number of carbonyl (C=O) groups is 1. The second-order valence-corrected chi connectivity index (χ2v) is 6.15. The first kappa shape index (κ1) is 16.0. The van der Waals surface area contributed by atoms with E-state index in [0.717, 1.165) is 31.6 Å². The van der Waals surface area contributed by atoms with Gasteiger partial charge >= 0.3 is 0 Å². The van der Waals surface area contributed by atoms with Crippen molar-refractivity contribution in [2.75, 3.05) is 0 Å². The first-order valence-electron chi connectivity index (χ1n) is 8.13. The van der Waals surface area contributed by atoms with Crippen molar-refractivity contribution < 1.29 is 14.3 Å². The zero-order valence-electron chi connectivity index (χ0n) is 13.0. The van der Waals surface area contributed by atoms with Crippen LogP contribution in [0.25, 0.3) is 0 Å². The quantitative estimate of drug-likeness (QED) is 0.757. The summed E-state index contributed by atoms with van der Waals surface area (Å²) in [5.74, 6) is -0.327. The second kappa shape index (κ2) is 7.06. The van der Waals surface area contributed by atoms with Gasteiger partial charge in [0.2, 0.25) is 0 Å². The lowest BCUT2D eigenvalue weighted by atomic mass is 9.77. The number of ketones is 1. The predicted molar refractivity (Wildman–Crippen MR) is 82.3 cm³/mol. The van der Waals surface area contributed by atoms with Gasteiger partial charge in [0, 0.05) is 6.42 Å². The molecule has 0 amide bonds. The molecule has 1 aromatic carbocycles. The second-order valence-electron chi connectivity index (χ2n) is 6.15. The molecular formula is C18H25FO2. The maximum absolute atomic E-state index is 14.4. The van der Waals surface area contributed by atoms with Crippen LogP contribution < -0.4 is 0 Å².